The molecule has 0 spiro atoms. The minimum Gasteiger partial charge on any atom is -0.323 e. The highest BCUT2D eigenvalue weighted by molar-refractivity contribution is 9.10. The molecule has 0 saturated heterocycles. The Labute approximate surface area is 125 Å². The summed E-state index contributed by atoms with van der Waals surface area (Å²) in [4.78, 5) is 4.79. The number of fused-ring (bicyclic) bond motifs is 2. The SMILES string of the molecule is Cc1cc(F)c(Br)c2c(NN)c3c(nc12)CCCCC3. The second-order valence-electron chi connectivity index (χ2n) is 5.33. The summed E-state index contributed by atoms with van der Waals surface area (Å²) in [5.41, 5.74) is 7.51. The van der Waals surface area contributed by atoms with Crippen LogP contribution in [0.2, 0.25) is 0 Å². The van der Waals surface area contributed by atoms with Crippen molar-refractivity contribution in [2.45, 2.75) is 39.0 Å². The summed E-state index contributed by atoms with van der Waals surface area (Å²) in [6, 6.07) is 1.52. The van der Waals surface area contributed by atoms with Gasteiger partial charge < -0.3 is 5.43 Å². The number of hydrogen-bond donors (Lipinski definition) is 2. The van der Waals surface area contributed by atoms with Crippen LogP contribution in [0.3, 0.4) is 0 Å². The molecule has 2 aromatic rings. The molecule has 5 heteroatoms. The lowest BCUT2D eigenvalue weighted by molar-refractivity contribution is 0.622. The van der Waals surface area contributed by atoms with Gasteiger partial charge in [0.25, 0.3) is 0 Å². The summed E-state index contributed by atoms with van der Waals surface area (Å²) in [7, 11) is 0. The van der Waals surface area contributed by atoms with Crippen LogP contribution in [0.4, 0.5) is 10.1 Å². The van der Waals surface area contributed by atoms with Gasteiger partial charge in [0.15, 0.2) is 0 Å². The lowest BCUT2D eigenvalue weighted by Gasteiger charge is -2.17. The van der Waals surface area contributed by atoms with Crippen molar-refractivity contribution in [1.29, 1.82) is 0 Å². The van der Waals surface area contributed by atoms with Crippen LogP contribution in [0, 0.1) is 12.7 Å². The second-order valence-corrected chi connectivity index (χ2v) is 6.12. The number of pyridine rings is 1. The van der Waals surface area contributed by atoms with Gasteiger partial charge in [-0.2, -0.15) is 0 Å². The molecule has 3 N–H and O–H groups in total. The molecule has 1 aliphatic rings. The molecule has 3 nitrogen and oxygen atoms in total. The minimum absolute atomic E-state index is 0.276. The predicted molar refractivity (Wildman–Crippen MR) is 83.2 cm³/mol. The Kier molecular flexibility index (Phi) is 3.65. The number of anilines is 1. The normalized spacial score (nSPS) is 15.0. The molecule has 0 saturated carbocycles. The maximum absolute atomic E-state index is 14.0. The number of halogens is 2. The van der Waals surface area contributed by atoms with Gasteiger partial charge in [-0.05, 0) is 65.7 Å². The Morgan fingerprint density at radius 2 is 2.05 bits per heavy atom. The van der Waals surface area contributed by atoms with Crippen LogP contribution in [0.25, 0.3) is 10.9 Å². The number of nitrogens with one attached hydrogen (secondary N) is 1. The Hall–Kier alpha value is -1.20. The van der Waals surface area contributed by atoms with Crippen LogP contribution in [0.15, 0.2) is 10.5 Å². The van der Waals surface area contributed by atoms with E-state index in [2.05, 4.69) is 21.4 Å². The van der Waals surface area contributed by atoms with Crippen molar-refractivity contribution in [3.63, 3.8) is 0 Å². The van der Waals surface area contributed by atoms with E-state index in [9.17, 15) is 4.39 Å². The Balaban J connectivity index is 2.43. The highest BCUT2D eigenvalue weighted by Crippen LogP contribution is 2.38. The third kappa shape index (κ3) is 2.09. The van der Waals surface area contributed by atoms with Gasteiger partial charge in [0.1, 0.15) is 5.82 Å². The zero-order valence-corrected chi connectivity index (χ0v) is 13.0. The van der Waals surface area contributed by atoms with E-state index in [0.717, 1.165) is 59.1 Å². The maximum atomic E-state index is 14.0. The van der Waals surface area contributed by atoms with Crippen LogP contribution in [0.1, 0.15) is 36.1 Å². The third-order valence-corrected chi connectivity index (χ3v) is 4.79. The van der Waals surface area contributed by atoms with Crippen molar-refractivity contribution < 1.29 is 4.39 Å². The smallest absolute Gasteiger partial charge is 0.138 e. The number of nitrogen functional groups attached to an aromatic ring is 1. The molecule has 20 heavy (non-hydrogen) atoms. The van der Waals surface area contributed by atoms with Gasteiger partial charge in [0.05, 0.1) is 15.7 Å². The van der Waals surface area contributed by atoms with Crippen molar-refractivity contribution in [1.82, 2.24) is 4.98 Å². The summed E-state index contributed by atoms with van der Waals surface area (Å²) in [6.07, 6.45) is 5.39. The first-order valence-corrected chi connectivity index (χ1v) is 7.69. The second kappa shape index (κ2) is 5.30. The number of nitrogens with two attached hydrogens (primary N) is 1. The van der Waals surface area contributed by atoms with Crippen LogP contribution >= 0.6 is 15.9 Å². The van der Waals surface area contributed by atoms with Crippen molar-refractivity contribution in [3.05, 3.63) is 33.2 Å². The molecule has 0 bridgehead atoms. The zero-order chi connectivity index (χ0) is 14.3. The standard InChI is InChI=1S/C15H17BrFN3/c1-8-7-10(17)13(16)12-14(8)19-11-6-4-2-3-5-9(11)15(12)20-18/h7H,2-6,18H2,1H3,(H,19,20). The van der Waals surface area contributed by atoms with E-state index in [1.54, 1.807) is 0 Å². The van der Waals surface area contributed by atoms with E-state index in [4.69, 9.17) is 10.8 Å². The number of aryl methyl sites for hydroxylation is 2. The quantitative estimate of drug-likeness (QED) is 0.469. The van der Waals surface area contributed by atoms with Gasteiger partial charge in [-0.25, -0.2) is 4.39 Å². The van der Waals surface area contributed by atoms with Crippen molar-refractivity contribution >= 4 is 32.5 Å². The van der Waals surface area contributed by atoms with Gasteiger partial charge >= 0.3 is 0 Å². The lowest BCUT2D eigenvalue weighted by atomic mass is 10.0. The largest absolute Gasteiger partial charge is 0.323 e. The highest BCUT2D eigenvalue weighted by Gasteiger charge is 2.20. The van der Waals surface area contributed by atoms with Crippen LogP contribution in [-0.2, 0) is 12.8 Å². The van der Waals surface area contributed by atoms with E-state index in [1.165, 1.54) is 12.5 Å². The summed E-state index contributed by atoms with van der Waals surface area (Å²) >= 11 is 3.34. The first-order chi connectivity index (χ1) is 9.63. The van der Waals surface area contributed by atoms with Crippen molar-refractivity contribution in [3.8, 4) is 0 Å². The van der Waals surface area contributed by atoms with Crippen LogP contribution in [0.5, 0.6) is 0 Å². The number of benzene rings is 1. The molecule has 106 valence electrons. The first-order valence-electron chi connectivity index (χ1n) is 6.90. The molecule has 0 atom stereocenters. The van der Waals surface area contributed by atoms with E-state index >= 15 is 0 Å². The summed E-state index contributed by atoms with van der Waals surface area (Å²) < 4.78 is 14.4. The first kappa shape index (κ1) is 13.8. The fourth-order valence-corrected chi connectivity index (χ4v) is 3.52. The molecule has 3 rings (SSSR count). The van der Waals surface area contributed by atoms with Crippen LogP contribution in [-0.4, -0.2) is 4.98 Å². The average Bonchev–Trinajstić information content (AvgIpc) is 2.67. The summed E-state index contributed by atoms with van der Waals surface area (Å²) in [5, 5.41) is 0.755. The molecule has 1 aromatic heterocycles. The number of hydrogen-bond acceptors (Lipinski definition) is 3. The Morgan fingerprint density at radius 1 is 1.30 bits per heavy atom. The molecule has 1 heterocycles. The monoisotopic (exact) mass is 337 g/mol. The molecule has 1 aromatic carbocycles. The molecule has 0 unspecified atom stereocenters. The van der Waals surface area contributed by atoms with E-state index in [1.807, 2.05) is 6.92 Å². The zero-order valence-electron chi connectivity index (χ0n) is 11.4. The Bertz CT molecular complexity index is 685. The van der Waals surface area contributed by atoms with Gasteiger partial charge in [0.2, 0.25) is 0 Å². The van der Waals surface area contributed by atoms with E-state index in [0.29, 0.717) is 4.47 Å². The predicted octanol–water partition coefficient (Wildman–Crippen LogP) is 4.00. The van der Waals surface area contributed by atoms with E-state index in [-0.39, 0.29) is 5.82 Å². The summed E-state index contributed by atoms with van der Waals surface area (Å²) in [5.74, 6) is 5.46. The van der Waals surface area contributed by atoms with Gasteiger partial charge in [-0.3, -0.25) is 10.8 Å². The number of hydrazine groups is 1. The molecule has 0 fully saturated rings. The minimum atomic E-state index is -0.276. The highest BCUT2D eigenvalue weighted by atomic mass is 79.9. The fraction of sp³-hybridized carbons (Fsp3) is 0.400. The van der Waals surface area contributed by atoms with Crippen molar-refractivity contribution in [2.75, 3.05) is 5.43 Å². The molecule has 0 radical (unpaired) electrons. The molecular weight excluding hydrogens is 321 g/mol. The van der Waals surface area contributed by atoms with Gasteiger partial charge in [-0.1, -0.05) is 6.42 Å². The fourth-order valence-electron chi connectivity index (χ4n) is 3.02. The van der Waals surface area contributed by atoms with Crippen molar-refractivity contribution in [2.24, 2.45) is 5.84 Å². The number of rotatable bonds is 1. The Morgan fingerprint density at radius 3 is 2.80 bits per heavy atom. The molecule has 0 aliphatic heterocycles. The molecular formula is C15H17BrFN3. The lowest BCUT2D eigenvalue weighted by Crippen LogP contribution is -2.13. The third-order valence-electron chi connectivity index (χ3n) is 4.01. The van der Waals surface area contributed by atoms with Crippen LogP contribution < -0.4 is 11.3 Å². The molecule has 1 aliphatic carbocycles. The summed E-state index contributed by atoms with van der Waals surface area (Å²) in [6.45, 7) is 1.88. The van der Waals surface area contributed by atoms with E-state index < -0.39 is 0 Å². The number of aromatic nitrogens is 1. The average molecular weight is 338 g/mol. The topological polar surface area (TPSA) is 50.9 Å². The maximum Gasteiger partial charge on any atom is 0.138 e. The van der Waals surface area contributed by atoms with Gasteiger partial charge in [-0.15, -0.1) is 0 Å². The number of nitrogens with zero attached hydrogens (tertiary/aromatic N) is 1. The molecule has 0 amide bonds. The van der Waals surface area contributed by atoms with Gasteiger partial charge in [0, 0.05) is 11.1 Å².